The van der Waals surface area contributed by atoms with Crippen LogP contribution in [-0.4, -0.2) is 42.8 Å². The van der Waals surface area contributed by atoms with Crippen molar-refractivity contribution in [2.45, 2.75) is 77.4 Å². The third-order valence-electron chi connectivity index (χ3n) is 4.88. The van der Waals surface area contributed by atoms with Gasteiger partial charge < -0.3 is 15.0 Å². The average molecular weight is 322 g/mol. The fourth-order valence-electron chi connectivity index (χ4n) is 3.77. The number of ether oxygens (including phenoxy) is 1. The van der Waals surface area contributed by atoms with Gasteiger partial charge in [0.2, 0.25) is 0 Å². The molecule has 1 saturated heterocycles. The molecule has 1 N–H and O–H groups in total. The Morgan fingerprint density at radius 1 is 1.30 bits per heavy atom. The molecule has 1 heterocycles. The Bertz CT molecular complexity index is 426. The summed E-state index contributed by atoms with van der Waals surface area (Å²) < 4.78 is 5.52. The van der Waals surface area contributed by atoms with E-state index in [4.69, 9.17) is 4.74 Å². The number of likely N-dealkylation sites (tertiary alicyclic amines) is 1. The van der Waals surface area contributed by atoms with Gasteiger partial charge in [0.15, 0.2) is 0 Å². The molecule has 0 spiro atoms. The molecule has 2 atom stereocenters. The summed E-state index contributed by atoms with van der Waals surface area (Å²) in [6.45, 7) is 7.39. The van der Waals surface area contributed by atoms with E-state index in [1.54, 1.807) is 5.57 Å². The Kier molecular flexibility index (Phi) is 6.51. The number of nitrogens with zero attached hydrogens (tertiary/aromatic N) is 1. The van der Waals surface area contributed by atoms with Crippen LogP contribution in [0.5, 0.6) is 0 Å². The van der Waals surface area contributed by atoms with Gasteiger partial charge >= 0.3 is 6.09 Å². The summed E-state index contributed by atoms with van der Waals surface area (Å²) in [4.78, 5) is 14.1. The highest BCUT2D eigenvalue weighted by atomic mass is 16.6. The summed E-state index contributed by atoms with van der Waals surface area (Å²) in [6, 6.07) is 0.403. The van der Waals surface area contributed by atoms with Gasteiger partial charge in [-0.25, -0.2) is 4.79 Å². The van der Waals surface area contributed by atoms with Crippen LogP contribution in [0.4, 0.5) is 4.79 Å². The molecule has 2 unspecified atom stereocenters. The minimum absolute atomic E-state index is 0.165. The molecule has 1 aliphatic carbocycles. The molecule has 1 amide bonds. The van der Waals surface area contributed by atoms with E-state index in [2.05, 4.69) is 18.4 Å². The molecule has 0 saturated carbocycles. The maximum absolute atomic E-state index is 12.3. The minimum atomic E-state index is -0.417. The summed E-state index contributed by atoms with van der Waals surface area (Å²) >= 11 is 0. The number of allylic oxidation sites excluding steroid dienone is 1. The van der Waals surface area contributed by atoms with Crippen molar-refractivity contribution in [2.24, 2.45) is 5.92 Å². The Hall–Kier alpha value is -1.03. The van der Waals surface area contributed by atoms with Crippen molar-refractivity contribution >= 4 is 6.09 Å². The first-order valence-electron chi connectivity index (χ1n) is 9.25. The number of hydrogen-bond donors (Lipinski definition) is 1. The maximum Gasteiger partial charge on any atom is 0.410 e. The number of hydrogen-bond acceptors (Lipinski definition) is 3. The van der Waals surface area contributed by atoms with Crippen LogP contribution in [-0.2, 0) is 4.74 Å². The first kappa shape index (κ1) is 18.3. The molecule has 0 aromatic carbocycles. The van der Waals surface area contributed by atoms with Gasteiger partial charge in [-0.1, -0.05) is 24.5 Å². The highest BCUT2D eigenvalue weighted by molar-refractivity contribution is 5.68. The van der Waals surface area contributed by atoms with E-state index in [1.165, 1.54) is 38.5 Å². The highest BCUT2D eigenvalue weighted by Crippen LogP contribution is 2.29. The molecule has 1 fully saturated rings. The van der Waals surface area contributed by atoms with Crippen molar-refractivity contribution in [2.75, 3.05) is 20.1 Å². The molecular weight excluding hydrogens is 288 g/mol. The normalized spacial score (nSPS) is 24.6. The fraction of sp³-hybridized carbons (Fsp3) is 0.842. The molecular formula is C19H34N2O2. The summed E-state index contributed by atoms with van der Waals surface area (Å²) in [5, 5.41) is 3.52. The molecule has 0 aromatic rings. The van der Waals surface area contributed by atoms with Crippen LogP contribution in [0, 0.1) is 5.92 Å². The second-order valence-electron chi connectivity index (χ2n) is 7.97. The topological polar surface area (TPSA) is 41.6 Å². The lowest BCUT2D eigenvalue weighted by Gasteiger charge is -2.28. The Balaban J connectivity index is 1.96. The number of likely N-dealkylation sites (N-methyl/N-ethyl adjacent to an activating group) is 1. The monoisotopic (exact) mass is 322 g/mol. The SMILES string of the molecule is CNC(C1=CCCCCCC1)C1CCN(C(=O)OC(C)(C)C)C1. The van der Waals surface area contributed by atoms with Gasteiger partial charge in [-0.3, -0.25) is 0 Å². The predicted molar refractivity (Wildman–Crippen MR) is 94.5 cm³/mol. The molecule has 1 aliphatic heterocycles. The van der Waals surface area contributed by atoms with E-state index >= 15 is 0 Å². The number of carbonyl (C=O) groups is 1. The number of carbonyl (C=O) groups excluding carboxylic acids is 1. The predicted octanol–water partition coefficient (Wildman–Crippen LogP) is 4.11. The molecule has 2 aliphatic rings. The van der Waals surface area contributed by atoms with Crippen LogP contribution in [0.1, 0.15) is 65.7 Å². The van der Waals surface area contributed by atoms with Gasteiger partial charge in [-0.05, 0) is 65.8 Å². The van der Waals surface area contributed by atoms with E-state index in [1.807, 2.05) is 25.7 Å². The minimum Gasteiger partial charge on any atom is -0.444 e. The molecule has 2 rings (SSSR count). The Morgan fingerprint density at radius 3 is 2.74 bits per heavy atom. The molecule has 0 aromatic heterocycles. The largest absolute Gasteiger partial charge is 0.444 e. The average Bonchev–Trinajstić information content (AvgIpc) is 2.89. The zero-order chi connectivity index (χ0) is 16.9. The van der Waals surface area contributed by atoms with Crippen LogP contribution in [0.25, 0.3) is 0 Å². The molecule has 4 heteroatoms. The lowest BCUT2D eigenvalue weighted by molar-refractivity contribution is 0.0286. The molecule has 0 bridgehead atoms. The zero-order valence-electron chi connectivity index (χ0n) is 15.4. The van der Waals surface area contributed by atoms with Crippen LogP contribution in [0.15, 0.2) is 11.6 Å². The first-order valence-corrected chi connectivity index (χ1v) is 9.25. The van der Waals surface area contributed by atoms with Crippen molar-refractivity contribution in [3.05, 3.63) is 11.6 Å². The molecule has 0 radical (unpaired) electrons. The quantitative estimate of drug-likeness (QED) is 0.795. The maximum atomic E-state index is 12.3. The number of rotatable bonds is 3. The Morgan fingerprint density at radius 2 is 2.04 bits per heavy atom. The van der Waals surface area contributed by atoms with Gasteiger partial charge in [0.25, 0.3) is 0 Å². The zero-order valence-corrected chi connectivity index (χ0v) is 15.4. The highest BCUT2D eigenvalue weighted by Gasteiger charge is 2.34. The van der Waals surface area contributed by atoms with Crippen molar-refractivity contribution in [3.63, 3.8) is 0 Å². The third-order valence-corrected chi connectivity index (χ3v) is 4.88. The van der Waals surface area contributed by atoms with Crippen molar-refractivity contribution in [3.8, 4) is 0 Å². The van der Waals surface area contributed by atoms with Crippen molar-refractivity contribution < 1.29 is 9.53 Å². The lowest BCUT2D eigenvalue weighted by atomic mass is 9.87. The summed E-state index contributed by atoms with van der Waals surface area (Å²) in [5.74, 6) is 0.498. The van der Waals surface area contributed by atoms with E-state index in [0.717, 1.165) is 19.5 Å². The fourth-order valence-corrected chi connectivity index (χ4v) is 3.77. The molecule has 4 nitrogen and oxygen atoms in total. The second-order valence-corrected chi connectivity index (χ2v) is 7.97. The standard InChI is InChI=1S/C19H34N2O2/c1-19(2,3)23-18(22)21-13-12-16(14-21)17(20-4)15-10-8-6-5-7-9-11-15/h10,16-17,20H,5-9,11-14H2,1-4H3. The summed E-state index contributed by atoms with van der Waals surface area (Å²) in [7, 11) is 2.06. The van der Waals surface area contributed by atoms with Crippen molar-refractivity contribution in [1.29, 1.82) is 0 Å². The Labute approximate surface area is 141 Å². The first-order chi connectivity index (χ1) is 10.9. The van der Waals surface area contributed by atoms with E-state index in [-0.39, 0.29) is 6.09 Å². The van der Waals surface area contributed by atoms with Gasteiger partial charge in [0, 0.05) is 19.1 Å². The van der Waals surface area contributed by atoms with Crippen LogP contribution in [0.2, 0.25) is 0 Å². The number of nitrogens with one attached hydrogen (secondary N) is 1. The van der Waals surface area contributed by atoms with Crippen molar-refractivity contribution in [1.82, 2.24) is 10.2 Å². The van der Waals surface area contributed by atoms with Gasteiger partial charge in [0.05, 0.1) is 0 Å². The molecule has 23 heavy (non-hydrogen) atoms. The third kappa shape index (κ3) is 5.52. The van der Waals surface area contributed by atoms with Gasteiger partial charge in [-0.15, -0.1) is 0 Å². The summed E-state index contributed by atoms with van der Waals surface area (Å²) in [5.41, 5.74) is 1.14. The van der Waals surface area contributed by atoms with E-state index in [0.29, 0.717) is 12.0 Å². The smallest absolute Gasteiger partial charge is 0.410 e. The summed E-state index contributed by atoms with van der Waals surface area (Å²) in [6.07, 6.45) is 11.1. The van der Waals surface area contributed by atoms with Gasteiger partial charge in [0.1, 0.15) is 5.60 Å². The van der Waals surface area contributed by atoms with E-state index < -0.39 is 5.60 Å². The lowest BCUT2D eigenvalue weighted by Crippen LogP contribution is -2.39. The van der Waals surface area contributed by atoms with Crippen LogP contribution in [0.3, 0.4) is 0 Å². The van der Waals surface area contributed by atoms with Crippen LogP contribution < -0.4 is 5.32 Å². The second kappa shape index (κ2) is 8.18. The molecule has 132 valence electrons. The van der Waals surface area contributed by atoms with Crippen LogP contribution >= 0.6 is 0 Å². The van der Waals surface area contributed by atoms with Gasteiger partial charge in [-0.2, -0.15) is 0 Å². The van der Waals surface area contributed by atoms with E-state index in [9.17, 15) is 4.79 Å². The number of amides is 1.